The first kappa shape index (κ1) is 13.1. The van der Waals surface area contributed by atoms with Gasteiger partial charge < -0.3 is 15.7 Å². The van der Waals surface area contributed by atoms with Gasteiger partial charge in [0.15, 0.2) is 0 Å². The van der Waals surface area contributed by atoms with Gasteiger partial charge in [-0.25, -0.2) is 4.79 Å². The molecule has 2 aromatic carbocycles. The van der Waals surface area contributed by atoms with E-state index in [-0.39, 0.29) is 12.6 Å². The van der Waals surface area contributed by atoms with Crippen molar-refractivity contribution in [2.75, 3.05) is 11.9 Å². The molecule has 0 bridgehead atoms. The van der Waals surface area contributed by atoms with Crippen LogP contribution in [0.15, 0.2) is 60.7 Å². The van der Waals surface area contributed by atoms with E-state index in [0.29, 0.717) is 5.69 Å². The number of aliphatic hydroxyl groups excluding tert-OH is 1. The van der Waals surface area contributed by atoms with Gasteiger partial charge in [0.25, 0.3) is 0 Å². The smallest absolute Gasteiger partial charge is 0.319 e. The minimum Gasteiger partial charge on any atom is -0.394 e. The summed E-state index contributed by atoms with van der Waals surface area (Å²) in [5.74, 6) is 0. The molecule has 0 radical (unpaired) electrons. The normalized spacial score (nSPS) is 11.6. The van der Waals surface area contributed by atoms with Crippen LogP contribution in [0.5, 0.6) is 0 Å². The number of anilines is 1. The highest BCUT2D eigenvalue weighted by Gasteiger charge is 2.12. The molecule has 2 rings (SSSR count). The fourth-order valence-electron chi connectivity index (χ4n) is 1.77. The number of carbonyl (C=O) groups is 1. The molecular weight excluding hydrogens is 240 g/mol. The number of aliphatic hydroxyl groups is 1. The molecule has 0 aliphatic rings. The highest BCUT2D eigenvalue weighted by atomic mass is 16.3. The average molecular weight is 256 g/mol. The van der Waals surface area contributed by atoms with E-state index < -0.39 is 6.04 Å². The fourth-order valence-corrected chi connectivity index (χ4v) is 1.77. The number of nitrogens with one attached hydrogen (secondary N) is 2. The first-order valence-electron chi connectivity index (χ1n) is 6.08. The van der Waals surface area contributed by atoms with Gasteiger partial charge in [0.1, 0.15) is 0 Å². The summed E-state index contributed by atoms with van der Waals surface area (Å²) in [7, 11) is 0. The van der Waals surface area contributed by atoms with Gasteiger partial charge in [0.05, 0.1) is 12.6 Å². The molecule has 2 amide bonds. The molecule has 0 aliphatic carbocycles. The Morgan fingerprint density at radius 3 is 2.16 bits per heavy atom. The summed E-state index contributed by atoms with van der Waals surface area (Å²) in [5, 5.41) is 14.8. The molecule has 0 aliphatic heterocycles. The van der Waals surface area contributed by atoms with Crippen LogP contribution in [-0.4, -0.2) is 17.7 Å². The third-order valence-electron chi connectivity index (χ3n) is 2.72. The lowest BCUT2D eigenvalue weighted by Crippen LogP contribution is -2.34. The summed E-state index contributed by atoms with van der Waals surface area (Å²) in [5.41, 5.74) is 1.58. The summed E-state index contributed by atoms with van der Waals surface area (Å²) in [6.07, 6.45) is 0. The van der Waals surface area contributed by atoms with Crippen molar-refractivity contribution in [2.45, 2.75) is 6.04 Å². The van der Waals surface area contributed by atoms with E-state index in [2.05, 4.69) is 10.6 Å². The molecule has 0 unspecified atom stereocenters. The van der Waals surface area contributed by atoms with Crippen molar-refractivity contribution in [3.05, 3.63) is 66.2 Å². The van der Waals surface area contributed by atoms with Crippen molar-refractivity contribution < 1.29 is 9.90 Å². The molecule has 0 spiro atoms. The van der Waals surface area contributed by atoms with Crippen LogP contribution < -0.4 is 10.6 Å². The van der Waals surface area contributed by atoms with Crippen LogP contribution in [0, 0.1) is 0 Å². The second kappa shape index (κ2) is 6.56. The Kier molecular flexibility index (Phi) is 4.53. The van der Waals surface area contributed by atoms with Crippen molar-refractivity contribution in [3.63, 3.8) is 0 Å². The van der Waals surface area contributed by atoms with Gasteiger partial charge in [-0.15, -0.1) is 0 Å². The number of hydrogen-bond donors (Lipinski definition) is 3. The van der Waals surface area contributed by atoms with Crippen molar-refractivity contribution in [1.29, 1.82) is 0 Å². The summed E-state index contributed by atoms with van der Waals surface area (Å²) in [6, 6.07) is 17.8. The Balaban J connectivity index is 1.97. The quantitative estimate of drug-likeness (QED) is 0.787. The predicted molar refractivity (Wildman–Crippen MR) is 74.9 cm³/mol. The maximum Gasteiger partial charge on any atom is 0.319 e. The third kappa shape index (κ3) is 3.82. The van der Waals surface area contributed by atoms with E-state index in [4.69, 9.17) is 0 Å². The standard InChI is InChI=1S/C15H16N2O2/c18-11-14(12-7-3-1-4-8-12)17-15(19)16-13-9-5-2-6-10-13/h1-10,14,18H,11H2,(H2,16,17,19)/t14-/m0/s1. The Hall–Kier alpha value is -2.33. The molecule has 0 saturated heterocycles. The first-order valence-corrected chi connectivity index (χ1v) is 6.08. The minimum atomic E-state index is -0.412. The second-order valence-corrected chi connectivity index (χ2v) is 4.11. The van der Waals surface area contributed by atoms with E-state index in [9.17, 15) is 9.90 Å². The lowest BCUT2D eigenvalue weighted by atomic mass is 10.1. The van der Waals surface area contributed by atoms with Crippen LogP contribution in [-0.2, 0) is 0 Å². The van der Waals surface area contributed by atoms with E-state index in [1.54, 1.807) is 12.1 Å². The number of para-hydroxylation sites is 1. The van der Waals surface area contributed by atoms with Gasteiger partial charge in [-0.05, 0) is 17.7 Å². The summed E-state index contributed by atoms with van der Waals surface area (Å²) >= 11 is 0. The lowest BCUT2D eigenvalue weighted by molar-refractivity contribution is 0.225. The minimum absolute atomic E-state index is 0.147. The van der Waals surface area contributed by atoms with Crippen LogP contribution in [0.4, 0.5) is 10.5 Å². The van der Waals surface area contributed by atoms with Gasteiger partial charge in [0, 0.05) is 5.69 Å². The zero-order valence-electron chi connectivity index (χ0n) is 10.4. The second-order valence-electron chi connectivity index (χ2n) is 4.11. The predicted octanol–water partition coefficient (Wildman–Crippen LogP) is 2.54. The SMILES string of the molecule is O=C(Nc1ccccc1)N[C@@H](CO)c1ccccc1. The van der Waals surface area contributed by atoms with Crippen LogP contribution in [0.1, 0.15) is 11.6 Å². The number of urea groups is 1. The number of carbonyl (C=O) groups excluding carboxylic acids is 1. The largest absolute Gasteiger partial charge is 0.394 e. The van der Waals surface area contributed by atoms with Crippen LogP contribution in [0.3, 0.4) is 0 Å². The lowest BCUT2D eigenvalue weighted by Gasteiger charge is -2.17. The van der Waals surface area contributed by atoms with E-state index in [1.807, 2.05) is 48.5 Å². The molecule has 0 heterocycles. The van der Waals surface area contributed by atoms with Gasteiger partial charge in [-0.2, -0.15) is 0 Å². The number of rotatable bonds is 4. The maximum absolute atomic E-state index is 11.8. The molecule has 98 valence electrons. The maximum atomic E-state index is 11.8. The molecule has 0 fully saturated rings. The average Bonchev–Trinajstić information content (AvgIpc) is 2.47. The molecule has 4 heteroatoms. The zero-order valence-corrected chi connectivity index (χ0v) is 10.4. The molecule has 0 saturated carbocycles. The van der Waals surface area contributed by atoms with E-state index in [1.165, 1.54) is 0 Å². The summed E-state index contributed by atoms with van der Waals surface area (Å²) < 4.78 is 0. The summed E-state index contributed by atoms with van der Waals surface area (Å²) in [6.45, 7) is -0.147. The molecule has 2 aromatic rings. The van der Waals surface area contributed by atoms with Crippen molar-refractivity contribution in [2.24, 2.45) is 0 Å². The number of hydrogen-bond acceptors (Lipinski definition) is 2. The Morgan fingerprint density at radius 2 is 1.58 bits per heavy atom. The third-order valence-corrected chi connectivity index (χ3v) is 2.72. The van der Waals surface area contributed by atoms with Gasteiger partial charge >= 0.3 is 6.03 Å². The molecule has 0 aromatic heterocycles. The van der Waals surface area contributed by atoms with Crippen molar-refractivity contribution in [3.8, 4) is 0 Å². The Bertz CT molecular complexity index is 514. The Morgan fingerprint density at radius 1 is 1.00 bits per heavy atom. The zero-order chi connectivity index (χ0) is 13.5. The van der Waals surface area contributed by atoms with Crippen LogP contribution in [0.2, 0.25) is 0 Å². The first-order chi connectivity index (χ1) is 9.29. The van der Waals surface area contributed by atoms with Crippen molar-refractivity contribution in [1.82, 2.24) is 5.32 Å². The Labute approximate surface area is 112 Å². The monoisotopic (exact) mass is 256 g/mol. The van der Waals surface area contributed by atoms with E-state index >= 15 is 0 Å². The van der Waals surface area contributed by atoms with Gasteiger partial charge in [0.2, 0.25) is 0 Å². The molecule has 19 heavy (non-hydrogen) atoms. The number of amides is 2. The number of benzene rings is 2. The molecule has 4 nitrogen and oxygen atoms in total. The summed E-state index contributed by atoms with van der Waals surface area (Å²) in [4.78, 5) is 11.8. The molecular formula is C15H16N2O2. The van der Waals surface area contributed by atoms with E-state index in [0.717, 1.165) is 5.56 Å². The molecule has 1 atom stereocenters. The van der Waals surface area contributed by atoms with Crippen LogP contribution >= 0.6 is 0 Å². The fraction of sp³-hybridized carbons (Fsp3) is 0.133. The van der Waals surface area contributed by atoms with Gasteiger partial charge in [-0.3, -0.25) is 0 Å². The van der Waals surface area contributed by atoms with Gasteiger partial charge in [-0.1, -0.05) is 48.5 Å². The molecule has 3 N–H and O–H groups in total. The van der Waals surface area contributed by atoms with Crippen molar-refractivity contribution >= 4 is 11.7 Å². The highest BCUT2D eigenvalue weighted by Crippen LogP contribution is 2.12. The topological polar surface area (TPSA) is 61.4 Å². The van der Waals surface area contributed by atoms with Crippen LogP contribution in [0.25, 0.3) is 0 Å². The highest BCUT2D eigenvalue weighted by molar-refractivity contribution is 5.89.